The van der Waals surface area contributed by atoms with Gasteiger partial charge < -0.3 is 10.1 Å². The van der Waals surface area contributed by atoms with Crippen molar-refractivity contribution in [2.75, 3.05) is 12.4 Å². The van der Waals surface area contributed by atoms with Crippen LogP contribution in [-0.4, -0.2) is 23.0 Å². The zero-order valence-corrected chi connectivity index (χ0v) is 11.4. The van der Waals surface area contributed by atoms with Crippen molar-refractivity contribution in [2.24, 2.45) is 0 Å². The Hall–Kier alpha value is -1.85. The molecule has 1 aromatic carbocycles. The molecule has 98 valence electrons. The second kappa shape index (κ2) is 5.86. The Morgan fingerprint density at radius 3 is 2.68 bits per heavy atom. The molecule has 0 aliphatic rings. The van der Waals surface area contributed by atoms with E-state index >= 15 is 0 Å². The van der Waals surface area contributed by atoms with E-state index in [0.717, 1.165) is 0 Å². The zero-order chi connectivity index (χ0) is 13.8. The number of carbonyl (C=O) groups excluding carboxylic acids is 1. The van der Waals surface area contributed by atoms with Gasteiger partial charge in [0.15, 0.2) is 0 Å². The number of halogens is 2. The smallest absolute Gasteiger partial charge is 0.275 e. The molecule has 2 rings (SSSR count). The van der Waals surface area contributed by atoms with Crippen molar-refractivity contribution in [2.45, 2.75) is 0 Å². The molecular formula is C12H9Cl2N3O2. The minimum absolute atomic E-state index is 0.142. The van der Waals surface area contributed by atoms with E-state index in [9.17, 15) is 4.79 Å². The van der Waals surface area contributed by atoms with Crippen molar-refractivity contribution < 1.29 is 9.53 Å². The molecule has 0 bridgehead atoms. The highest BCUT2D eigenvalue weighted by Gasteiger charge is 2.11. The number of anilines is 1. The molecule has 1 amide bonds. The number of aromatic nitrogens is 2. The molecule has 0 radical (unpaired) electrons. The van der Waals surface area contributed by atoms with Crippen LogP contribution in [0.2, 0.25) is 10.2 Å². The summed E-state index contributed by atoms with van der Waals surface area (Å²) in [6.07, 6.45) is 2.58. The van der Waals surface area contributed by atoms with Crippen molar-refractivity contribution in [1.82, 2.24) is 9.97 Å². The molecule has 0 aliphatic carbocycles. The lowest BCUT2D eigenvalue weighted by Crippen LogP contribution is -2.14. The van der Waals surface area contributed by atoms with E-state index in [1.165, 1.54) is 19.5 Å². The maximum absolute atomic E-state index is 11.9. The van der Waals surface area contributed by atoms with Gasteiger partial charge in [-0.25, -0.2) is 9.97 Å². The first-order valence-corrected chi connectivity index (χ1v) is 5.98. The number of hydrogen-bond acceptors (Lipinski definition) is 4. The summed E-state index contributed by atoms with van der Waals surface area (Å²) in [4.78, 5) is 19.6. The Morgan fingerprint density at radius 1 is 1.26 bits per heavy atom. The fourth-order valence-electron chi connectivity index (χ4n) is 1.34. The van der Waals surface area contributed by atoms with Crippen molar-refractivity contribution >= 4 is 34.8 Å². The van der Waals surface area contributed by atoms with Gasteiger partial charge in [-0.2, -0.15) is 0 Å². The zero-order valence-electron chi connectivity index (χ0n) is 9.85. The molecule has 7 heteroatoms. The molecule has 0 spiro atoms. The van der Waals surface area contributed by atoms with Crippen LogP contribution in [0.4, 0.5) is 5.69 Å². The number of benzene rings is 1. The fraction of sp³-hybridized carbons (Fsp3) is 0.0833. The Balaban J connectivity index is 2.21. The third kappa shape index (κ3) is 3.33. The minimum atomic E-state index is -0.431. The van der Waals surface area contributed by atoms with Crippen LogP contribution in [0.25, 0.3) is 0 Å². The predicted molar refractivity (Wildman–Crippen MR) is 73.0 cm³/mol. The lowest BCUT2D eigenvalue weighted by Gasteiger charge is -2.08. The SMILES string of the molecule is COc1ccc(Cl)c(NC(=O)c2cnc(Cl)cn2)c1. The highest BCUT2D eigenvalue weighted by molar-refractivity contribution is 6.34. The highest BCUT2D eigenvalue weighted by atomic mass is 35.5. The van der Waals surface area contributed by atoms with Crippen LogP contribution in [-0.2, 0) is 0 Å². The first-order chi connectivity index (χ1) is 9.10. The van der Waals surface area contributed by atoms with E-state index in [4.69, 9.17) is 27.9 Å². The van der Waals surface area contributed by atoms with Gasteiger partial charge in [0, 0.05) is 6.07 Å². The van der Waals surface area contributed by atoms with E-state index in [1.807, 2.05) is 0 Å². The second-order valence-electron chi connectivity index (χ2n) is 3.52. The fourth-order valence-corrected chi connectivity index (χ4v) is 1.61. The minimum Gasteiger partial charge on any atom is -0.497 e. The van der Waals surface area contributed by atoms with Crippen molar-refractivity contribution in [3.63, 3.8) is 0 Å². The van der Waals surface area contributed by atoms with Gasteiger partial charge in [0.2, 0.25) is 0 Å². The lowest BCUT2D eigenvalue weighted by molar-refractivity contribution is 0.102. The molecule has 0 saturated carbocycles. The van der Waals surface area contributed by atoms with Gasteiger partial charge >= 0.3 is 0 Å². The maximum Gasteiger partial charge on any atom is 0.275 e. The van der Waals surface area contributed by atoms with E-state index < -0.39 is 5.91 Å². The quantitative estimate of drug-likeness (QED) is 0.946. The van der Waals surface area contributed by atoms with Crippen LogP contribution in [0, 0.1) is 0 Å². The summed E-state index contributed by atoms with van der Waals surface area (Å²) < 4.78 is 5.06. The lowest BCUT2D eigenvalue weighted by atomic mass is 10.3. The maximum atomic E-state index is 11.9. The molecule has 5 nitrogen and oxygen atoms in total. The molecule has 19 heavy (non-hydrogen) atoms. The van der Waals surface area contributed by atoms with Gasteiger partial charge in [0.1, 0.15) is 16.6 Å². The molecule has 2 aromatic rings. The molecule has 0 atom stereocenters. The first kappa shape index (κ1) is 13.6. The summed E-state index contributed by atoms with van der Waals surface area (Å²) in [5.74, 6) is 0.154. The van der Waals surface area contributed by atoms with Crippen LogP contribution in [0.15, 0.2) is 30.6 Å². The average Bonchev–Trinajstić information content (AvgIpc) is 2.42. The molecule has 1 aromatic heterocycles. The standard InChI is InChI=1S/C12H9Cl2N3O2/c1-19-7-2-3-8(13)9(4-7)17-12(18)10-5-16-11(14)6-15-10/h2-6H,1H3,(H,17,18). The molecular weight excluding hydrogens is 289 g/mol. The van der Waals surface area contributed by atoms with Crippen molar-refractivity contribution in [3.8, 4) is 5.75 Å². The third-order valence-electron chi connectivity index (χ3n) is 2.27. The number of ether oxygens (including phenoxy) is 1. The molecule has 1 N–H and O–H groups in total. The monoisotopic (exact) mass is 297 g/mol. The number of nitrogens with zero attached hydrogens (tertiary/aromatic N) is 2. The van der Waals surface area contributed by atoms with Gasteiger partial charge in [-0.1, -0.05) is 23.2 Å². The second-order valence-corrected chi connectivity index (χ2v) is 4.32. The van der Waals surface area contributed by atoms with E-state index in [-0.39, 0.29) is 10.8 Å². The molecule has 0 saturated heterocycles. The summed E-state index contributed by atoms with van der Waals surface area (Å²) in [6, 6.07) is 4.94. The number of methoxy groups -OCH3 is 1. The first-order valence-electron chi connectivity index (χ1n) is 5.22. The predicted octanol–water partition coefficient (Wildman–Crippen LogP) is 3.04. The third-order valence-corrected chi connectivity index (χ3v) is 2.80. The molecule has 0 unspecified atom stereocenters. The normalized spacial score (nSPS) is 10.1. The van der Waals surface area contributed by atoms with Crippen molar-refractivity contribution in [3.05, 3.63) is 46.5 Å². The van der Waals surface area contributed by atoms with Gasteiger partial charge in [-0.15, -0.1) is 0 Å². The molecule has 1 heterocycles. The van der Waals surface area contributed by atoms with Crippen molar-refractivity contribution in [1.29, 1.82) is 0 Å². The largest absolute Gasteiger partial charge is 0.497 e. The van der Waals surface area contributed by atoms with E-state index in [2.05, 4.69) is 15.3 Å². The summed E-state index contributed by atoms with van der Waals surface area (Å²) in [6.45, 7) is 0. The van der Waals surface area contributed by atoms with Crippen LogP contribution in [0.5, 0.6) is 5.75 Å². The van der Waals surface area contributed by atoms with E-state index in [0.29, 0.717) is 16.5 Å². The van der Waals surface area contributed by atoms with Gasteiger partial charge in [0.25, 0.3) is 5.91 Å². The summed E-state index contributed by atoms with van der Waals surface area (Å²) in [5, 5.41) is 3.24. The Bertz CT molecular complexity index is 602. The summed E-state index contributed by atoms with van der Waals surface area (Å²) >= 11 is 11.6. The summed E-state index contributed by atoms with van der Waals surface area (Å²) in [7, 11) is 1.53. The van der Waals surface area contributed by atoms with Crippen LogP contribution in [0.3, 0.4) is 0 Å². The Kier molecular flexibility index (Phi) is 4.19. The number of rotatable bonds is 3. The topological polar surface area (TPSA) is 64.1 Å². The number of nitrogens with one attached hydrogen (secondary N) is 1. The van der Waals surface area contributed by atoms with E-state index in [1.54, 1.807) is 18.2 Å². The average molecular weight is 298 g/mol. The number of hydrogen-bond donors (Lipinski definition) is 1. The Labute approximate surface area is 119 Å². The van der Waals surface area contributed by atoms with Crippen LogP contribution < -0.4 is 10.1 Å². The van der Waals surface area contributed by atoms with Crippen LogP contribution >= 0.6 is 23.2 Å². The highest BCUT2D eigenvalue weighted by Crippen LogP contribution is 2.26. The summed E-state index contributed by atoms with van der Waals surface area (Å²) in [5.41, 5.74) is 0.575. The Morgan fingerprint density at radius 2 is 2.05 bits per heavy atom. The number of amides is 1. The molecule has 0 fully saturated rings. The van der Waals surface area contributed by atoms with Crippen LogP contribution in [0.1, 0.15) is 10.5 Å². The van der Waals surface area contributed by atoms with Gasteiger partial charge in [-0.3, -0.25) is 4.79 Å². The van der Waals surface area contributed by atoms with Gasteiger partial charge in [0.05, 0.1) is 30.2 Å². The number of carbonyl (C=O) groups is 1. The van der Waals surface area contributed by atoms with Gasteiger partial charge in [-0.05, 0) is 12.1 Å². The molecule has 0 aliphatic heterocycles.